The predicted molar refractivity (Wildman–Crippen MR) is 79.1 cm³/mol. The maximum atomic E-state index is 12.3. The second-order valence-electron chi connectivity index (χ2n) is 4.48. The van der Waals surface area contributed by atoms with Crippen LogP contribution in [0.1, 0.15) is 12.8 Å². The maximum absolute atomic E-state index is 12.3. The third-order valence-corrected chi connectivity index (χ3v) is 5.42. The van der Waals surface area contributed by atoms with E-state index in [1.165, 1.54) is 0 Å². The van der Waals surface area contributed by atoms with Crippen LogP contribution in [-0.4, -0.2) is 33.9 Å². The van der Waals surface area contributed by atoms with Crippen LogP contribution in [-0.2, 0) is 10.0 Å². The number of nitrogens with one attached hydrogen (secondary N) is 2. The molecular formula is C12H17BrN2O3S. The molecular weight excluding hydrogens is 332 g/mol. The maximum Gasteiger partial charge on any atom is 0.235 e. The summed E-state index contributed by atoms with van der Waals surface area (Å²) in [5.74, 6) is 0.609. The Morgan fingerprint density at radius 3 is 2.63 bits per heavy atom. The van der Waals surface area contributed by atoms with Gasteiger partial charge in [0.2, 0.25) is 10.0 Å². The minimum atomic E-state index is -3.34. The molecule has 0 unspecified atom stereocenters. The van der Waals surface area contributed by atoms with Crippen molar-refractivity contribution in [2.45, 2.75) is 18.1 Å². The molecule has 19 heavy (non-hydrogen) atoms. The molecule has 1 aromatic rings. The van der Waals surface area contributed by atoms with Gasteiger partial charge in [-0.3, -0.25) is 4.72 Å². The van der Waals surface area contributed by atoms with Gasteiger partial charge in [-0.15, -0.1) is 0 Å². The third-order valence-electron chi connectivity index (χ3n) is 3.09. The summed E-state index contributed by atoms with van der Waals surface area (Å²) in [4.78, 5) is 0. The number of ether oxygens (including phenoxy) is 1. The van der Waals surface area contributed by atoms with Gasteiger partial charge in [0.1, 0.15) is 5.75 Å². The molecule has 2 N–H and O–H groups in total. The van der Waals surface area contributed by atoms with Crippen molar-refractivity contribution in [3.8, 4) is 5.75 Å². The molecule has 0 atom stereocenters. The fourth-order valence-corrected chi connectivity index (χ4v) is 4.03. The van der Waals surface area contributed by atoms with Gasteiger partial charge in [0.15, 0.2) is 0 Å². The highest BCUT2D eigenvalue weighted by Gasteiger charge is 2.27. The summed E-state index contributed by atoms with van der Waals surface area (Å²) in [6, 6.07) is 5.17. The zero-order chi connectivity index (χ0) is 13.9. The molecule has 1 aromatic carbocycles. The highest BCUT2D eigenvalue weighted by atomic mass is 79.9. The molecule has 0 radical (unpaired) electrons. The highest BCUT2D eigenvalue weighted by molar-refractivity contribution is 9.10. The number of anilines is 1. The minimum absolute atomic E-state index is 0.335. The van der Waals surface area contributed by atoms with E-state index in [0.717, 1.165) is 17.6 Å². The number of methoxy groups -OCH3 is 1. The molecule has 7 heteroatoms. The average Bonchev–Trinajstić information content (AvgIpc) is 2.38. The topological polar surface area (TPSA) is 67.4 Å². The molecule has 1 saturated heterocycles. The largest absolute Gasteiger partial charge is 0.497 e. The van der Waals surface area contributed by atoms with E-state index in [1.54, 1.807) is 25.3 Å². The Hall–Kier alpha value is -0.790. The fraction of sp³-hybridized carbons (Fsp3) is 0.500. The summed E-state index contributed by atoms with van der Waals surface area (Å²) in [6.45, 7) is 1.49. The van der Waals surface area contributed by atoms with Gasteiger partial charge < -0.3 is 10.1 Å². The summed E-state index contributed by atoms with van der Waals surface area (Å²) in [5.41, 5.74) is 0.518. The molecule has 1 heterocycles. The second kappa shape index (κ2) is 6.11. The Kier molecular flexibility index (Phi) is 4.70. The Morgan fingerprint density at radius 2 is 2.00 bits per heavy atom. The first-order valence-corrected chi connectivity index (χ1v) is 8.42. The van der Waals surface area contributed by atoms with E-state index in [1.807, 2.05) is 0 Å². The Balaban J connectivity index is 2.17. The van der Waals surface area contributed by atoms with Gasteiger partial charge in [0.05, 0.1) is 18.0 Å². The number of hydrogen-bond donors (Lipinski definition) is 2. The van der Waals surface area contributed by atoms with Crippen LogP contribution in [0.3, 0.4) is 0 Å². The normalized spacial score (nSPS) is 17.2. The smallest absolute Gasteiger partial charge is 0.235 e. The van der Waals surface area contributed by atoms with Gasteiger partial charge in [-0.25, -0.2) is 8.42 Å². The van der Waals surface area contributed by atoms with E-state index >= 15 is 0 Å². The van der Waals surface area contributed by atoms with E-state index in [-0.39, 0.29) is 5.25 Å². The molecule has 106 valence electrons. The van der Waals surface area contributed by atoms with Crippen LogP contribution >= 0.6 is 15.9 Å². The molecule has 1 aliphatic heterocycles. The van der Waals surface area contributed by atoms with Gasteiger partial charge in [-0.2, -0.15) is 0 Å². The lowest BCUT2D eigenvalue weighted by Crippen LogP contribution is -2.38. The van der Waals surface area contributed by atoms with E-state index in [4.69, 9.17) is 4.74 Å². The van der Waals surface area contributed by atoms with Crippen LogP contribution in [0.15, 0.2) is 22.7 Å². The first-order chi connectivity index (χ1) is 9.01. The molecule has 0 amide bonds. The van der Waals surface area contributed by atoms with E-state index in [9.17, 15) is 8.42 Å². The summed E-state index contributed by atoms with van der Waals surface area (Å²) in [5, 5.41) is 2.82. The Labute approximate surface area is 121 Å². The van der Waals surface area contributed by atoms with E-state index in [2.05, 4.69) is 26.0 Å². The lowest BCUT2D eigenvalue weighted by atomic mass is 10.2. The Morgan fingerprint density at radius 1 is 1.32 bits per heavy atom. The van der Waals surface area contributed by atoms with Crippen LogP contribution in [0.25, 0.3) is 0 Å². The molecule has 5 nitrogen and oxygen atoms in total. The predicted octanol–water partition coefficient (Wildman–Crippen LogP) is 1.95. The average molecular weight is 349 g/mol. The molecule has 0 saturated carbocycles. The molecule has 1 fully saturated rings. The lowest BCUT2D eigenvalue weighted by molar-refractivity contribution is 0.415. The van der Waals surface area contributed by atoms with Crippen molar-refractivity contribution in [3.63, 3.8) is 0 Å². The molecule has 1 aliphatic rings. The molecule has 0 aromatic heterocycles. The monoisotopic (exact) mass is 348 g/mol. The quantitative estimate of drug-likeness (QED) is 0.872. The van der Waals surface area contributed by atoms with Crippen molar-refractivity contribution < 1.29 is 13.2 Å². The van der Waals surface area contributed by atoms with Crippen molar-refractivity contribution in [1.82, 2.24) is 5.32 Å². The highest BCUT2D eigenvalue weighted by Crippen LogP contribution is 2.26. The van der Waals surface area contributed by atoms with Crippen molar-refractivity contribution in [3.05, 3.63) is 22.7 Å². The SMILES string of the molecule is COc1cc(Br)cc(NS(=O)(=O)C2CCNCC2)c1. The van der Waals surface area contributed by atoms with Crippen LogP contribution in [0, 0.1) is 0 Å². The van der Waals surface area contributed by atoms with Crippen LogP contribution < -0.4 is 14.8 Å². The van der Waals surface area contributed by atoms with Crippen LogP contribution in [0.5, 0.6) is 5.75 Å². The molecule has 0 spiro atoms. The van der Waals surface area contributed by atoms with Gasteiger partial charge in [-0.1, -0.05) is 15.9 Å². The first-order valence-electron chi connectivity index (χ1n) is 6.08. The van der Waals surface area contributed by atoms with E-state index in [0.29, 0.717) is 24.3 Å². The van der Waals surface area contributed by atoms with Gasteiger partial charge in [0.25, 0.3) is 0 Å². The van der Waals surface area contributed by atoms with Gasteiger partial charge >= 0.3 is 0 Å². The van der Waals surface area contributed by atoms with Crippen LogP contribution in [0.2, 0.25) is 0 Å². The zero-order valence-corrected chi connectivity index (χ0v) is 13.1. The number of piperidine rings is 1. The number of benzene rings is 1. The van der Waals surface area contributed by atoms with Gasteiger partial charge in [0, 0.05) is 10.5 Å². The fourth-order valence-electron chi connectivity index (χ4n) is 2.09. The lowest BCUT2D eigenvalue weighted by Gasteiger charge is -2.23. The molecule has 0 aliphatic carbocycles. The van der Waals surface area contributed by atoms with Crippen LogP contribution in [0.4, 0.5) is 5.69 Å². The van der Waals surface area contributed by atoms with E-state index < -0.39 is 10.0 Å². The number of halogens is 1. The minimum Gasteiger partial charge on any atom is -0.497 e. The number of sulfonamides is 1. The standard InChI is InChI=1S/C12H17BrN2O3S/c1-18-11-7-9(13)6-10(8-11)15-19(16,17)12-2-4-14-5-3-12/h6-8,12,14-15H,2-5H2,1H3. The molecule has 0 bridgehead atoms. The van der Waals surface area contributed by atoms with Crippen molar-refractivity contribution >= 4 is 31.6 Å². The second-order valence-corrected chi connectivity index (χ2v) is 7.35. The summed E-state index contributed by atoms with van der Waals surface area (Å²) in [7, 11) is -1.80. The summed E-state index contributed by atoms with van der Waals surface area (Å²) in [6.07, 6.45) is 1.28. The number of hydrogen-bond acceptors (Lipinski definition) is 4. The van der Waals surface area contributed by atoms with Crippen molar-refractivity contribution in [1.29, 1.82) is 0 Å². The Bertz CT molecular complexity index is 542. The molecule has 2 rings (SSSR count). The van der Waals surface area contributed by atoms with Crippen molar-refractivity contribution in [2.75, 3.05) is 24.9 Å². The number of rotatable bonds is 4. The van der Waals surface area contributed by atoms with Gasteiger partial charge in [-0.05, 0) is 38.1 Å². The summed E-state index contributed by atoms with van der Waals surface area (Å²) < 4.78 is 33.1. The summed E-state index contributed by atoms with van der Waals surface area (Å²) >= 11 is 3.33. The van der Waals surface area contributed by atoms with Crippen molar-refractivity contribution in [2.24, 2.45) is 0 Å². The first kappa shape index (κ1) is 14.6. The zero-order valence-electron chi connectivity index (χ0n) is 10.6. The third kappa shape index (κ3) is 3.84.